The summed E-state index contributed by atoms with van der Waals surface area (Å²) in [6, 6.07) is 47.3. The van der Waals surface area contributed by atoms with Crippen molar-refractivity contribution < 1.29 is 40.0 Å². The molecule has 0 bridgehead atoms. The third-order valence-corrected chi connectivity index (χ3v) is 11.2. The highest BCUT2D eigenvalue weighted by molar-refractivity contribution is 7.87. The van der Waals surface area contributed by atoms with Gasteiger partial charge in [-0.1, -0.05) is 133 Å². The van der Waals surface area contributed by atoms with Crippen LogP contribution in [0.2, 0.25) is 0 Å². The number of fused-ring (bicyclic) bond motifs is 2. The summed E-state index contributed by atoms with van der Waals surface area (Å²) < 4.78 is 78.7. The molecule has 2 fully saturated rings. The lowest BCUT2D eigenvalue weighted by molar-refractivity contribution is -0.122. The molecule has 0 spiro atoms. The molecular weight excluding hydrogens is 726 g/mol. The second kappa shape index (κ2) is 15.8. The van der Waals surface area contributed by atoms with Gasteiger partial charge in [-0.05, 0) is 76.2 Å². The first-order valence-electron chi connectivity index (χ1n) is 18.0. The van der Waals surface area contributed by atoms with Gasteiger partial charge in [0.1, 0.15) is 17.6 Å². The summed E-state index contributed by atoms with van der Waals surface area (Å²) in [7, 11) is -5.77. The maximum absolute atomic E-state index is 12.9. The monoisotopic (exact) mass is 764 g/mol. The van der Waals surface area contributed by atoms with E-state index in [1.54, 1.807) is 6.92 Å². The van der Waals surface area contributed by atoms with Crippen molar-refractivity contribution in [2.75, 3.05) is 0 Å². The Morgan fingerprint density at radius 2 is 1.11 bits per heavy atom. The molecule has 282 valence electrons. The molecule has 0 aliphatic carbocycles. The molecule has 0 saturated carbocycles. The van der Waals surface area contributed by atoms with Crippen molar-refractivity contribution in [3.05, 3.63) is 179 Å². The summed E-state index contributed by atoms with van der Waals surface area (Å²) in [6.45, 7) is 2.90. The van der Waals surface area contributed by atoms with Crippen LogP contribution < -0.4 is 0 Å². The van der Waals surface area contributed by atoms with Crippen molar-refractivity contribution in [3.8, 4) is 0 Å². The lowest BCUT2D eigenvalue weighted by atomic mass is 9.89. The third kappa shape index (κ3) is 8.37. The van der Waals surface area contributed by atoms with Crippen molar-refractivity contribution in [2.24, 2.45) is 5.92 Å². The summed E-state index contributed by atoms with van der Waals surface area (Å²) in [6.07, 6.45) is -0.413. The first kappa shape index (κ1) is 38.0. The molecule has 2 aliphatic heterocycles. The van der Waals surface area contributed by atoms with Crippen molar-refractivity contribution in [1.29, 1.82) is 0 Å². The van der Waals surface area contributed by atoms with Gasteiger partial charge >= 0.3 is 15.6 Å². The fourth-order valence-corrected chi connectivity index (χ4v) is 7.88. The standard InChI is InChI=1S/C23H19F3O4S.C22H20O2/c1-15(30-31(27,28)23(24,25)26)20-14-21(17-8-3-2-4-9-17)29-22(20)19-12-11-16-7-5-6-10-18(16)13-19;1-15(23)20-14-21(17-8-3-2-4-9-17)24-22(20)19-12-11-16-7-5-6-10-18(16)13-19/h2-13,21-22H,14H2,1H3;2-13,20-22H,14H2,1H3/b20-15+;/t21-,22-;20-,21+,22+/m01/s1. The van der Waals surface area contributed by atoms with Crippen LogP contribution >= 0.6 is 0 Å². The quantitative estimate of drug-likeness (QED) is 0.0915. The Kier molecular flexibility index (Phi) is 10.9. The highest BCUT2D eigenvalue weighted by Crippen LogP contribution is 2.48. The summed E-state index contributed by atoms with van der Waals surface area (Å²) in [4.78, 5) is 12.2. The van der Waals surface area contributed by atoms with Crippen molar-refractivity contribution >= 4 is 37.4 Å². The summed E-state index contributed by atoms with van der Waals surface area (Å²) in [5, 5.41) is 4.33. The van der Waals surface area contributed by atoms with Gasteiger partial charge in [-0.3, -0.25) is 4.79 Å². The molecule has 6 nitrogen and oxygen atoms in total. The van der Waals surface area contributed by atoms with E-state index in [0.717, 1.165) is 33.9 Å². The van der Waals surface area contributed by atoms with Crippen LogP contribution in [0.4, 0.5) is 13.2 Å². The van der Waals surface area contributed by atoms with Crippen LogP contribution in [0.5, 0.6) is 0 Å². The number of Topliss-reactive ketones (excluding diaryl/α,β-unsaturated/α-hetero) is 1. The first-order valence-corrected chi connectivity index (χ1v) is 19.4. The molecular formula is C45H39F3O6S. The number of carbonyl (C=O) groups excluding carboxylic acids is 1. The van der Waals surface area contributed by atoms with Crippen LogP contribution in [0.15, 0.2) is 157 Å². The summed E-state index contributed by atoms with van der Waals surface area (Å²) in [5.74, 6) is -0.211. The Balaban J connectivity index is 0.000000174. The van der Waals surface area contributed by atoms with Gasteiger partial charge in [-0.2, -0.15) is 21.6 Å². The van der Waals surface area contributed by atoms with E-state index in [4.69, 9.17) is 9.47 Å². The number of benzene rings is 6. The molecule has 2 aliphatic rings. The van der Waals surface area contributed by atoms with Crippen LogP contribution in [0, 0.1) is 5.92 Å². The lowest BCUT2D eigenvalue weighted by Gasteiger charge is -2.18. The van der Waals surface area contributed by atoms with Gasteiger partial charge in [0.05, 0.1) is 24.2 Å². The number of ketones is 1. The molecule has 6 aromatic rings. The zero-order valence-electron chi connectivity index (χ0n) is 30.1. The van der Waals surface area contributed by atoms with Crippen LogP contribution in [-0.4, -0.2) is 19.7 Å². The van der Waals surface area contributed by atoms with E-state index in [1.165, 1.54) is 17.7 Å². The van der Waals surface area contributed by atoms with E-state index in [1.807, 2.05) is 103 Å². The van der Waals surface area contributed by atoms with Gasteiger partial charge in [0.25, 0.3) is 0 Å². The Labute approximate surface area is 318 Å². The zero-order valence-corrected chi connectivity index (χ0v) is 31.0. The highest BCUT2D eigenvalue weighted by atomic mass is 32.2. The molecule has 0 amide bonds. The van der Waals surface area contributed by atoms with E-state index in [2.05, 4.69) is 46.6 Å². The zero-order chi connectivity index (χ0) is 38.7. The first-order chi connectivity index (χ1) is 26.4. The molecule has 2 heterocycles. The molecule has 5 atom stereocenters. The fourth-order valence-electron chi connectivity index (χ4n) is 7.35. The maximum atomic E-state index is 12.9. The van der Waals surface area contributed by atoms with E-state index in [0.29, 0.717) is 11.1 Å². The molecule has 0 N–H and O–H groups in total. The average molecular weight is 765 g/mol. The highest BCUT2D eigenvalue weighted by Gasteiger charge is 2.49. The predicted octanol–water partition coefficient (Wildman–Crippen LogP) is 11.4. The maximum Gasteiger partial charge on any atom is 0.534 e. The van der Waals surface area contributed by atoms with Crippen LogP contribution in [0.3, 0.4) is 0 Å². The number of carbonyl (C=O) groups is 1. The number of hydrogen-bond donors (Lipinski definition) is 0. The van der Waals surface area contributed by atoms with Crippen molar-refractivity contribution in [3.63, 3.8) is 0 Å². The van der Waals surface area contributed by atoms with E-state index in [9.17, 15) is 26.4 Å². The molecule has 55 heavy (non-hydrogen) atoms. The van der Waals surface area contributed by atoms with Crippen LogP contribution in [0.25, 0.3) is 21.5 Å². The smallest absolute Gasteiger partial charge is 0.381 e. The van der Waals surface area contributed by atoms with Crippen molar-refractivity contribution in [2.45, 2.75) is 56.6 Å². The molecule has 0 aromatic heterocycles. The average Bonchev–Trinajstić information content (AvgIpc) is 3.85. The molecule has 10 heteroatoms. The largest absolute Gasteiger partial charge is 0.534 e. The second-order valence-corrected chi connectivity index (χ2v) is 15.3. The minimum atomic E-state index is -5.77. The Morgan fingerprint density at radius 3 is 1.65 bits per heavy atom. The second-order valence-electron chi connectivity index (χ2n) is 13.8. The molecule has 0 unspecified atom stereocenters. The molecule has 0 radical (unpaired) electrons. The normalized spacial score (nSPS) is 22.2. The predicted molar refractivity (Wildman–Crippen MR) is 206 cm³/mol. The summed E-state index contributed by atoms with van der Waals surface area (Å²) in [5.41, 5.74) is -1.36. The number of allylic oxidation sites excluding steroid dienone is 1. The lowest BCUT2D eigenvalue weighted by Crippen LogP contribution is -2.25. The third-order valence-electron chi connectivity index (χ3n) is 10.2. The summed E-state index contributed by atoms with van der Waals surface area (Å²) >= 11 is 0. The SMILES string of the molecule is C/C(OS(=O)(=O)C(F)(F)F)=C1/C[C@@H](c2ccccc2)O[C@H]1c1ccc2ccccc2c1.CC(=O)[C@H]1C[C@@H](c2ccccc2)O[C@H]1c1ccc2ccccc2c1. The van der Waals surface area contributed by atoms with Crippen LogP contribution in [-0.2, 0) is 28.6 Å². The molecule has 2 saturated heterocycles. The minimum absolute atomic E-state index is 0.0171. The minimum Gasteiger partial charge on any atom is -0.381 e. The van der Waals surface area contributed by atoms with Gasteiger partial charge in [0, 0.05) is 12.0 Å². The van der Waals surface area contributed by atoms with Crippen LogP contribution in [0.1, 0.15) is 73.4 Å². The number of halogens is 3. The number of ether oxygens (including phenoxy) is 2. The van der Waals surface area contributed by atoms with Gasteiger partial charge in [0.15, 0.2) is 0 Å². The van der Waals surface area contributed by atoms with Gasteiger partial charge in [-0.15, -0.1) is 0 Å². The number of hydrogen-bond acceptors (Lipinski definition) is 6. The Morgan fingerprint density at radius 1 is 0.618 bits per heavy atom. The van der Waals surface area contributed by atoms with E-state index >= 15 is 0 Å². The Bertz CT molecular complexity index is 2450. The number of alkyl halides is 3. The van der Waals surface area contributed by atoms with E-state index < -0.39 is 27.8 Å². The van der Waals surface area contributed by atoms with E-state index in [-0.39, 0.29) is 36.1 Å². The topological polar surface area (TPSA) is 78.9 Å². The molecule has 8 rings (SSSR count). The van der Waals surface area contributed by atoms with Gasteiger partial charge in [-0.25, -0.2) is 0 Å². The molecule has 6 aromatic carbocycles. The fraction of sp³-hybridized carbons (Fsp3) is 0.222. The van der Waals surface area contributed by atoms with Gasteiger partial charge in [0.2, 0.25) is 0 Å². The Hall–Kier alpha value is -5.29. The van der Waals surface area contributed by atoms with Gasteiger partial charge < -0.3 is 13.7 Å². The number of rotatable bonds is 7. The van der Waals surface area contributed by atoms with Crippen molar-refractivity contribution in [1.82, 2.24) is 0 Å².